The van der Waals surface area contributed by atoms with Crippen LogP contribution in [0.15, 0.2) is 54.6 Å². The summed E-state index contributed by atoms with van der Waals surface area (Å²) in [5.41, 5.74) is 5.36. The predicted molar refractivity (Wildman–Crippen MR) is 469 cm³/mol. The Labute approximate surface area is 718 Å². The van der Waals surface area contributed by atoms with Gasteiger partial charge in [0.05, 0.1) is 44.6 Å². The monoisotopic (exact) mass is 1680 g/mol. The highest BCUT2D eigenvalue weighted by molar-refractivity contribution is 5.96. The minimum absolute atomic E-state index is 0.0286. The maximum absolute atomic E-state index is 13.8. The molecule has 5 amide bonds. The molecular weight excluding hydrogens is 1520 g/mol. The van der Waals surface area contributed by atoms with Gasteiger partial charge in [0.1, 0.15) is 17.2 Å². The molecule has 0 spiro atoms. The van der Waals surface area contributed by atoms with Crippen molar-refractivity contribution in [3.05, 3.63) is 88.0 Å². The Morgan fingerprint density at radius 3 is 1.05 bits per heavy atom. The van der Waals surface area contributed by atoms with Crippen molar-refractivity contribution in [3.63, 3.8) is 0 Å². The van der Waals surface area contributed by atoms with E-state index in [0.29, 0.717) is 112 Å². The maximum atomic E-state index is 13.8. The summed E-state index contributed by atoms with van der Waals surface area (Å²) < 4.78 is 38.5. The molecule has 4 aliphatic heterocycles. The molecule has 120 heavy (non-hydrogen) atoms. The molecule has 0 unspecified atom stereocenters. The molecule has 4 saturated heterocycles. The number of benzene rings is 3. The van der Waals surface area contributed by atoms with E-state index in [0.717, 1.165) is 240 Å². The van der Waals surface area contributed by atoms with Gasteiger partial charge in [0.15, 0.2) is 0 Å². The number of ether oxygens (including phenoxy) is 7. The fourth-order valence-electron chi connectivity index (χ4n) is 17.8. The van der Waals surface area contributed by atoms with Crippen LogP contribution in [0.4, 0.5) is 0 Å². The summed E-state index contributed by atoms with van der Waals surface area (Å²) in [6.45, 7) is 33.8. The van der Waals surface area contributed by atoms with E-state index in [1.165, 1.54) is 12.8 Å². The number of nitrogens with zero attached hydrogens (tertiary/aromatic N) is 5. The van der Waals surface area contributed by atoms with Crippen LogP contribution in [0.5, 0.6) is 17.2 Å². The van der Waals surface area contributed by atoms with Crippen LogP contribution in [0.2, 0.25) is 0 Å². The van der Waals surface area contributed by atoms with Crippen LogP contribution in [-0.4, -0.2) is 277 Å². The lowest BCUT2D eigenvalue weighted by Gasteiger charge is -2.35. The van der Waals surface area contributed by atoms with Gasteiger partial charge in [-0.1, -0.05) is 39.0 Å². The zero-order chi connectivity index (χ0) is 86.2. The van der Waals surface area contributed by atoms with Gasteiger partial charge in [-0.15, -0.1) is 0 Å². The third-order valence-corrected chi connectivity index (χ3v) is 26.0. The Morgan fingerprint density at radius 2 is 0.767 bits per heavy atom. The summed E-state index contributed by atoms with van der Waals surface area (Å²) >= 11 is 0. The molecule has 7 N–H and O–H groups in total. The second-order valence-corrected chi connectivity index (χ2v) is 36.2. The number of hydrogen-bond acceptors (Lipinski definition) is 19. The molecule has 5 aliphatic carbocycles. The Hall–Kier alpha value is -6.52. The van der Waals surface area contributed by atoms with Crippen LogP contribution >= 0.6 is 0 Å². The first-order valence-electron chi connectivity index (χ1n) is 46.3. The van der Waals surface area contributed by atoms with Gasteiger partial charge < -0.3 is 94.2 Å². The van der Waals surface area contributed by atoms with Crippen molar-refractivity contribution >= 4 is 35.5 Å². The number of hydrogen-bond donors (Lipinski definition) is 7. The van der Waals surface area contributed by atoms with Crippen molar-refractivity contribution in [1.29, 1.82) is 0 Å². The number of carboxylic acid groups (broad SMARTS) is 1. The molecule has 7 atom stereocenters. The van der Waals surface area contributed by atoms with Gasteiger partial charge in [-0.25, -0.2) is 0 Å². The number of aliphatic hydroxyl groups is 2. The Bertz CT molecular complexity index is 3430. The first-order chi connectivity index (χ1) is 58.0. The van der Waals surface area contributed by atoms with E-state index in [2.05, 4.69) is 93.4 Å². The molecular formula is C95H153N9O16. The fraction of sp³-hybridized carbons (Fsp3) is 0.747. The van der Waals surface area contributed by atoms with Crippen molar-refractivity contribution in [2.24, 2.45) is 53.3 Å². The molecule has 25 heteroatoms. The largest absolute Gasteiger partial charge is 0.493 e. The third-order valence-electron chi connectivity index (χ3n) is 26.0. The third kappa shape index (κ3) is 30.1. The molecule has 3 aromatic rings. The smallest absolute Gasteiger partial charge is 0.308 e. The van der Waals surface area contributed by atoms with Gasteiger partial charge in [-0.3, -0.25) is 28.8 Å². The van der Waals surface area contributed by atoms with Crippen LogP contribution in [0.1, 0.15) is 232 Å². The highest BCUT2D eigenvalue weighted by atomic mass is 16.5. The van der Waals surface area contributed by atoms with E-state index in [4.69, 9.17) is 38.3 Å². The van der Waals surface area contributed by atoms with E-state index in [1.54, 1.807) is 21.3 Å². The zero-order valence-corrected chi connectivity index (χ0v) is 75.1. The van der Waals surface area contributed by atoms with Crippen molar-refractivity contribution < 1.29 is 77.2 Å². The van der Waals surface area contributed by atoms with Gasteiger partial charge in [0, 0.05) is 197 Å². The number of rotatable bonds is 42. The van der Waals surface area contributed by atoms with Crippen LogP contribution in [0.3, 0.4) is 0 Å². The number of nitrogens with one attached hydrogen (secondary N) is 4. The summed E-state index contributed by atoms with van der Waals surface area (Å²) in [6, 6.07) is 19.3. The van der Waals surface area contributed by atoms with Crippen molar-refractivity contribution in [3.8, 4) is 17.2 Å². The minimum Gasteiger partial charge on any atom is -0.493 e. The minimum atomic E-state index is -0.727. The number of aryl methyl sites for hydroxylation is 3. The van der Waals surface area contributed by atoms with Gasteiger partial charge in [0.2, 0.25) is 11.8 Å². The molecule has 25 nitrogen and oxygen atoms in total. The lowest BCUT2D eigenvalue weighted by molar-refractivity contribution is -0.146. The van der Waals surface area contributed by atoms with Crippen molar-refractivity contribution in [1.82, 2.24) is 45.8 Å². The van der Waals surface area contributed by atoms with Gasteiger partial charge in [-0.05, 0) is 265 Å². The molecule has 0 bridgehead atoms. The summed E-state index contributed by atoms with van der Waals surface area (Å²) in [5, 5.41) is 42.6. The van der Waals surface area contributed by atoms with E-state index < -0.39 is 5.97 Å². The maximum Gasteiger partial charge on any atom is 0.308 e. The first kappa shape index (κ1) is 97.3. The second-order valence-electron chi connectivity index (χ2n) is 36.2. The summed E-state index contributed by atoms with van der Waals surface area (Å²) in [5.74, 6) is 4.48. The summed E-state index contributed by atoms with van der Waals surface area (Å²) in [4.78, 5) is 88.9. The predicted octanol–water partition coefficient (Wildman–Crippen LogP) is 11.4. The average molecular weight is 1680 g/mol. The van der Waals surface area contributed by atoms with Crippen molar-refractivity contribution in [2.75, 3.05) is 153 Å². The highest BCUT2D eigenvalue weighted by Gasteiger charge is 2.44. The molecule has 0 radical (unpaired) electrons. The topological polar surface area (TPSA) is 292 Å². The lowest BCUT2D eigenvalue weighted by Crippen LogP contribution is -2.46. The molecule has 4 heterocycles. The quantitative estimate of drug-likeness (QED) is 0.0259. The van der Waals surface area contributed by atoms with E-state index in [-0.39, 0.29) is 89.5 Å². The van der Waals surface area contributed by atoms with Crippen molar-refractivity contribution in [2.45, 2.75) is 252 Å². The number of amides is 5. The van der Waals surface area contributed by atoms with Crippen LogP contribution < -0.4 is 35.5 Å². The first-order valence-corrected chi connectivity index (χ1v) is 46.3. The molecule has 3 aromatic carbocycles. The average Bonchev–Trinajstić information content (AvgIpc) is 1.66. The number of aliphatic hydroxyl groups excluding tert-OH is 2. The summed E-state index contributed by atoms with van der Waals surface area (Å²) in [6.07, 6.45) is 19.2. The number of carbonyl (C=O) groups is 6. The number of aliphatic carboxylic acids is 1. The molecule has 5 saturated carbocycles. The standard InChI is InChI=1S/2C32H51N3O5.C25H41N3O3.C6H10O3/c2*1-5-23-7-8-25(17-30(23)40-16-6-15-39-4)32(38)34(22(2)3)20-26-18-33-19-27(26)21-35(28-11-12-28)31(37)24-9-13-29(36)14-10-24;1-5-19-7-8-20(13-24(19)31-12-6-11-30-4)25(29)28(18(2)3)17-22-15-26-14-21(22)16-27-23-9-10-23;7-6(8)5-2-1-3-9-4-5/h2*7-8,17,22,24,26-29,33,36H,5-6,9-16,18-21H2,1-4H3;7-8,13,18,21-23,26-27H,5-6,9-12,14-17H2,1-4H3;5H,1-4H2,(H,7,8)/t24-,26-,27-,29+;24-,26-,27-,29-;21-,22+;5-/m0010/s1. The normalized spacial score (nSPS) is 24.0. The number of carbonyl (C=O) groups excluding carboxylic acids is 5. The molecule has 9 fully saturated rings. The fourth-order valence-corrected chi connectivity index (χ4v) is 17.8. The van der Waals surface area contributed by atoms with Crippen LogP contribution in [-0.2, 0) is 52.6 Å². The summed E-state index contributed by atoms with van der Waals surface area (Å²) in [7, 11) is 5.07. The van der Waals surface area contributed by atoms with Gasteiger partial charge >= 0.3 is 5.97 Å². The number of methoxy groups -OCH3 is 3. The zero-order valence-electron chi connectivity index (χ0n) is 75.1. The Kier molecular flexibility index (Phi) is 40.9. The van der Waals surface area contributed by atoms with Crippen LogP contribution in [0.25, 0.3) is 0 Å². The van der Waals surface area contributed by atoms with E-state index >= 15 is 0 Å². The second kappa shape index (κ2) is 50.4. The Balaban J connectivity index is 0.000000195. The van der Waals surface area contributed by atoms with E-state index in [9.17, 15) is 39.0 Å². The Morgan fingerprint density at radius 1 is 0.433 bits per heavy atom. The van der Waals surface area contributed by atoms with E-state index in [1.807, 2.05) is 69.3 Å². The highest BCUT2D eigenvalue weighted by Crippen LogP contribution is 2.38. The van der Waals surface area contributed by atoms with Gasteiger partial charge in [0.25, 0.3) is 17.7 Å². The lowest BCUT2D eigenvalue weighted by atomic mass is 9.86. The van der Waals surface area contributed by atoms with Crippen LogP contribution in [0, 0.1) is 53.3 Å². The number of carboxylic acids is 1. The molecule has 674 valence electrons. The van der Waals surface area contributed by atoms with Gasteiger partial charge in [-0.2, -0.15) is 0 Å². The molecule has 9 aliphatic rings. The molecule has 0 aromatic heterocycles. The SMILES string of the molecule is CCc1ccc(C(=O)N(C[C@@H]2CNC[C@@H]2CNC2CC2)C(C)C)cc1OCCCOC.CCc1ccc(C(=O)N(C[C@@H]2CNC[C@H]2CN(C(=O)[C@H]2CC[C@@H](O)CC2)C2CC2)C(C)C)cc1OCCCOC.CCc1ccc(C(=O)N(C[C@@H]2CNC[C@H]2CN(C(=O)[C@H]2CC[C@H](O)CC2)C2CC2)C(C)C)cc1OCCCOC.O=C(O)[C@H]1CCCOC1. The molecule has 12 rings (SSSR count).